The molecule has 1 aromatic rings. The van der Waals surface area contributed by atoms with Crippen LogP contribution in [0.1, 0.15) is 18.9 Å². The normalized spacial score (nSPS) is 12.8. The minimum absolute atomic E-state index is 0.281. The molecule has 72 valence electrons. The van der Waals surface area contributed by atoms with E-state index in [0.717, 1.165) is 19.5 Å². The molecular weight excluding hydrogens is 160 g/mol. The van der Waals surface area contributed by atoms with E-state index in [0.29, 0.717) is 0 Å². The van der Waals surface area contributed by atoms with Gasteiger partial charge in [0.15, 0.2) is 0 Å². The van der Waals surface area contributed by atoms with Crippen molar-refractivity contribution in [1.82, 2.24) is 5.32 Å². The first kappa shape index (κ1) is 10.2. The van der Waals surface area contributed by atoms with Gasteiger partial charge >= 0.3 is 0 Å². The van der Waals surface area contributed by atoms with Crippen molar-refractivity contribution in [1.29, 1.82) is 0 Å². The second-order valence-electron chi connectivity index (χ2n) is 3.28. The Bertz CT molecular complexity index is 221. The third-order valence-corrected chi connectivity index (χ3v) is 2.10. The minimum atomic E-state index is 0.281. The Morgan fingerprint density at radius 3 is 2.62 bits per heavy atom. The topological polar surface area (TPSA) is 38.0 Å². The van der Waals surface area contributed by atoms with Crippen LogP contribution in [0, 0.1) is 0 Å². The number of benzene rings is 1. The summed E-state index contributed by atoms with van der Waals surface area (Å²) in [6, 6.07) is 10.6. The summed E-state index contributed by atoms with van der Waals surface area (Å²) < 4.78 is 0. The molecule has 0 amide bonds. The smallest absolute Gasteiger partial charge is 0.0206 e. The van der Waals surface area contributed by atoms with Crippen LogP contribution in [0.3, 0.4) is 0 Å². The molecule has 0 fully saturated rings. The molecule has 1 aromatic carbocycles. The monoisotopic (exact) mass is 178 g/mol. The Morgan fingerprint density at radius 2 is 2.00 bits per heavy atom. The van der Waals surface area contributed by atoms with Gasteiger partial charge in [0.2, 0.25) is 0 Å². The fraction of sp³-hybridized carbons (Fsp3) is 0.455. The van der Waals surface area contributed by atoms with Gasteiger partial charge in [-0.05, 0) is 12.0 Å². The van der Waals surface area contributed by atoms with Gasteiger partial charge in [-0.15, -0.1) is 0 Å². The zero-order valence-corrected chi connectivity index (χ0v) is 8.16. The van der Waals surface area contributed by atoms with Crippen LogP contribution in [0.5, 0.6) is 0 Å². The Labute approximate surface area is 80.1 Å². The molecule has 0 aromatic heterocycles. The maximum absolute atomic E-state index is 5.77. The second-order valence-corrected chi connectivity index (χ2v) is 3.28. The molecule has 1 atom stereocenters. The van der Waals surface area contributed by atoms with Crippen molar-refractivity contribution in [2.24, 2.45) is 5.73 Å². The molecule has 0 unspecified atom stereocenters. The van der Waals surface area contributed by atoms with E-state index in [4.69, 9.17) is 5.73 Å². The summed E-state index contributed by atoms with van der Waals surface area (Å²) in [5.74, 6) is 0. The number of nitrogens with one attached hydrogen (secondary N) is 1. The van der Waals surface area contributed by atoms with Crippen molar-refractivity contribution in [2.45, 2.75) is 25.9 Å². The summed E-state index contributed by atoms with van der Waals surface area (Å²) in [6.07, 6.45) is 1.03. The number of hydrogen-bond donors (Lipinski definition) is 2. The fourth-order valence-corrected chi connectivity index (χ4v) is 1.14. The third-order valence-electron chi connectivity index (χ3n) is 2.10. The Balaban J connectivity index is 2.20. The molecule has 3 N–H and O–H groups in total. The summed E-state index contributed by atoms with van der Waals surface area (Å²) in [6.45, 7) is 3.91. The van der Waals surface area contributed by atoms with Crippen LogP contribution in [-0.2, 0) is 6.54 Å². The predicted molar refractivity (Wildman–Crippen MR) is 56.4 cm³/mol. The SMILES string of the molecule is CC[C@H](N)CNCc1ccccc1. The van der Waals surface area contributed by atoms with Gasteiger partial charge in [-0.25, -0.2) is 0 Å². The van der Waals surface area contributed by atoms with Crippen LogP contribution in [0.4, 0.5) is 0 Å². The van der Waals surface area contributed by atoms with Crippen LogP contribution < -0.4 is 11.1 Å². The highest BCUT2D eigenvalue weighted by atomic mass is 14.9. The second kappa shape index (κ2) is 5.73. The lowest BCUT2D eigenvalue weighted by molar-refractivity contribution is 0.563. The molecule has 0 spiro atoms. The molecule has 0 saturated heterocycles. The molecule has 0 radical (unpaired) electrons. The van der Waals surface area contributed by atoms with E-state index in [1.165, 1.54) is 5.56 Å². The van der Waals surface area contributed by atoms with Crippen molar-refractivity contribution in [3.8, 4) is 0 Å². The van der Waals surface area contributed by atoms with E-state index in [-0.39, 0.29) is 6.04 Å². The maximum Gasteiger partial charge on any atom is 0.0206 e. The number of hydrogen-bond acceptors (Lipinski definition) is 2. The Kier molecular flexibility index (Phi) is 4.50. The summed E-state index contributed by atoms with van der Waals surface area (Å²) in [5, 5.41) is 3.33. The zero-order valence-electron chi connectivity index (χ0n) is 8.16. The largest absolute Gasteiger partial charge is 0.327 e. The summed E-state index contributed by atoms with van der Waals surface area (Å²) in [4.78, 5) is 0. The number of rotatable bonds is 5. The van der Waals surface area contributed by atoms with Gasteiger partial charge in [-0.1, -0.05) is 37.3 Å². The Hall–Kier alpha value is -0.860. The van der Waals surface area contributed by atoms with Gasteiger partial charge in [0.1, 0.15) is 0 Å². The van der Waals surface area contributed by atoms with Crippen molar-refractivity contribution in [2.75, 3.05) is 6.54 Å². The molecule has 0 aliphatic heterocycles. The van der Waals surface area contributed by atoms with Crippen LogP contribution in [0.25, 0.3) is 0 Å². The van der Waals surface area contributed by atoms with E-state index < -0.39 is 0 Å². The van der Waals surface area contributed by atoms with E-state index in [1.54, 1.807) is 0 Å². The standard InChI is InChI=1S/C11H18N2/c1-2-11(12)9-13-8-10-6-4-3-5-7-10/h3-7,11,13H,2,8-9,12H2,1H3/t11-/m0/s1. The van der Waals surface area contributed by atoms with E-state index >= 15 is 0 Å². The van der Waals surface area contributed by atoms with Crippen LogP contribution in [0.15, 0.2) is 30.3 Å². The first-order valence-electron chi connectivity index (χ1n) is 4.83. The third kappa shape index (κ3) is 4.06. The van der Waals surface area contributed by atoms with Crippen LogP contribution >= 0.6 is 0 Å². The molecule has 2 nitrogen and oxygen atoms in total. The van der Waals surface area contributed by atoms with E-state index in [2.05, 4.69) is 36.5 Å². The molecular formula is C11H18N2. The Morgan fingerprint density at radius 1 is 1.31 bits per heavy atom. The van der Waals surface area contributed by atoms with Gasteiger partial charge in [0, 0.05) is 19.1 Å². The maximum atomic E-state index is 5.77. The van der Waals surface area contributed by atoms with Crippen molar-refractivity contribution in [3.63, 3.8) is 0 Å². The summed E-state index contributed by atoms with van der Waals surface area (Å²) >= 11 is 0. The lowest BCUT2D eigenvalue weighted by atomic mass is 10.2. The lowest BCUT2D eigenvalue weighted by Gasteiger charge is -2.09. The molecule has 0 aliphatic carbocycles. The van der Waals surface area contributed by atoms with Gasteiger partial charge in [0.05, 0.1) is 0 Å². The average Bonchev–Trinajstić information content (AvgIpc) is 2.19. The van der Waals surface area contributed by atoms with Gasteiger partial charge in [0.25, 0.3) is 0 Å². The highest BCUT2D eigenvalue weighted by Crippen LogP contribution is 1.97. The average molecular weight is 178 g/mol. The predicted octanol–water partition coefficient (Wildman–Crippen LogP) is 1.51. The van der Waals surface area contributed by atoms with E-state index in [1.807, 2.05) is 6.07 Å². The van der Waals surface area contributed by atoms with Gasteiger partial charge < -0.3 is 11.1 Å². The fourth-order valence-electron chi connectivity index (χ4n) is 1.14. The molecule has 2 heteroatoms. The van der Waals surface area contributed by atoms with Gasteiger partial charge in [-0.2, -0.15) is 0 Å². The van der Waals surface area contributed by atoms with Gasteiger partial charge in [-0.3, -0.25) is 0 Å². The lowest BCUT2D eigenvalue weighted by Crippen LogP contribution is -2.32. The van der Waals surface area contributed by atoms with Crippen molar-refractivity contribution >= 4 is 0 Å². The first-order valence-corrected chi connectivity index (χ1v) is 4.83. The quantitative estimate of drug-likeness (QED) is 0.717. The van der Waals surface area contributed by atoms with Crippen LogP contribution in [-0.4, -0.2) is 12.6 Å². The highest BCUT2D eigenvalue weighted by molar-refractivity contribution is 5.14. The van der Waals surface area contributed by atoms with E-state index in [9.17, 15) is 0 Å². The minimum Gasteiger partial charge on any atom is -0.327 e. The molecule has 0 bridgehead atoms. The molecule has 0 heterocycles. The number of nitrogens with two attached hydrogens (primary N) is 1. The first-order chi connectivity index (χ1) is 6.33. The summed E-state index contributed by atoms with van der Waals surface area (Å²) in [7, 11) is 0. The molecule has 0 saturated carbocycles. The molecule has 0 aliphatic rings. The molecule has 13 heavy (non-hydrogen) atoms. The molecule has 1 rings (SSSR count). The van der Waals surface area contributed by atoms with Crippen molar-refractivity contribution in [3.05, 3.63) is 35.9 Å². The van der Waals surface area contributed by atoms with Crippen molar-refractivity contribution < 1.29 is 0 Å². The highest BCUT2D eigenvalue weighted by Gasteiger charge is 1.97. The van der Waals surface area contributed by atoms with Crippen LogP contribution in [0.2, 0.25) is 0 Å². The summed E-state index contributed by atoms with van der Waals surface area (Å²) in [5.41, 5.74) is 7.09. The zero-order chi connectivity index (χ0) is 9.52.